The fourth-order valence-electron chi connectivity index (χ4n) is 1.84. The molecule has 7 heteroatoms. The van der Waals surface area contributed by atoms with Gasteiger partial charge in [0, 0.05) is 30.1 Å². The fraction of sp³-hybridized carbons (Fsp3) is 0.188. The first-order valence-electron chi connectivity index (χ1n) is 6.81. The summed E-state index contributed by atoms with van der Waals surface area (Å²) in [6.07, 6.45) is 2.09. The van der Waals surface area contributed by atoms with E-state index in [4.69, 9.17) is 14.8 Å². The van der Waals surface area contributed by atoms with Crippen molar-refractivity contribution >= 4 is 12.1 Å². The summed E-state index contributed by atoms with van der Waals surface area (Å²) in [4.78, 5) is 13.1. The SMILES string of the molecule is CNc1cccc(C#N)c1COc1ncccc1C.NNC=O. The molecule has 23 heavy (non-hydrogen) atoms. The van der Waals surface area contributed by atoms with E-state index in [-0.39, 0.29) is 0 Å². The van der Waals surface area contributed by atoms with Crippen molar-refractivity contribution in [1.29, 1.82) is 5.26 Å². The Balaban J connectivity index is 0.000000593. The summed E-state index contributed by atoms with van der Waals surface area (Å²) in [5.41, 5.74) is 5.08. The molecule has 1 heterocycles. The lowest BCUT2D eigenvalue weighted by atomic mass is 10.1. The van der Waals surface area contributed by atoms with Gasteiger partial charge in [0.25, 0.3) is 0 Å². The highest BCUT2D eigenvalue weighted by atomic mass is 16.5. The lowest BCUT2D eigenvalue weighted by molar-refractivity contribution is -0.109. The second kappa shape index (κ2) is 9.76. The van der Waals surface area contributed by atoms with E-state index in [0.717, 1.165) is 16.8 Å². The first-order valence-corrected chi connectivity index (χ1v) is 6.81. The third-order valence-electron chi connectivity index (χ3n) is 2.95. The number of nitriles is 1. The molecule has 0 spiro atoms. The molecule has 2 aromatic rings. The van der Waals surface area contributed by atoms with E-state index in [0.29, 0.717) is 24.5 Å². The van der Waals surface area contributed by atoms with E-state index in [2.05, 4.69) is 22.2 Å². The molecule has 0 saturated heterocycles. The van der Waals surface area contributed by atoms with Gasteiger partial charge in [-0.1, -0.05) is 12.1 Å². The number of benzene rings is 1. The van der Waals surface area contributed by atoms with Crippen molar-refractivity contribution in [2.75, 3.05) is 12.4 Å². The highest BCUT2D eigenvalue weighted by Gasteiger charge is 2.09. The number of hydrogen-bond donors (Lipinski definition) is 3. The van der Waals surface area contributed by atoms with Gasteiger partial charge in [-0.2, -0.15) is 5.26 Å². The first kappa shape index (κ1) is 17.9. The highest BCUT2D eigenvalue weighted by molar-refractivity contribution is 5.57. The predicted octanol–water partition coefficient (Wildman–Crippen LogP) is 1.49. The van der Waals surface area contributed by atoms with Gasteiger partial charge in [0.05, 0.1) is 11.6 Å². The van der Waals surface area contributed by atoms with Gasteiger partial charge in [-0.15, -0.1) is 0 Å². The maximum atomic E-state index is 9.14. The number of aryl methyl sites for hydroxylation is 1. The smallest absolute Gasteiger partial charge is 0.221 e. The summed E-state index contributed by atoms with van der Waals surface area (Å²) in [6, 6.07) is 11.5. The Hall–Kier alpha value is -3.11. The summed E-state index contributed by atoms with van der Waals surface area (Å²) >= 11 is 0. The zero-order valence-corrected chi connectivity index (χ0v) is 13.0. The topological polar surface area (TPSA) is 113 Å². The number of nitrogens with one attached hydrogen (secondary N) is 2. The van der Waals surface area contributed by atoms with Crippen LogP contribution >= 0.6 is 0 Å². The van der Waals surface area contributed by atoms with Crippen LogP contribution < -0.4 is 21.3 Å². The zero-order chi connectivity index (χ0) is 17.1. The van der Waals surface area contributed by atoms with Crippen molar-refractivity contribution in [3.8, 4) is 11.9 Å². The minimum atomic E-state index is 0.317. The lowest BCUT2D eigenvalue weighted by Crippen LogP contribution is -2.18. The number of nitrogens with two attached hydrogens (primary N) is 1. The van der Waals surface area contributed by atoms with E-state index in [1.807, 2.05) is 38.2 Å². The Labute approximate surface area is 135 Å². The third kappa shape index (κ3) is 5.30. The number of hydrazine groups is 1. The minimum absolute atomic E-state index is 0.317. The van der Waals surface area contributed by atoms with Crippen molar-refractivity contribution in [2.45, 2.75) is 13.5 Å². The Kier molecular flexibility index (Phi) is 7.61. The van der Waals surface area contributed by atoms with Gasteiger partial charge in [0.1, 0.15) is 6.61 Å². The van der Waals surface area contributed by atoms with Crippen LogP contribution in [0.3, 0.4) is 0 Å². The van der Waals surface area contributed by atoms with Crippen LogP contribution in [0.4, 0.5) is 5.69 Å². The van der Waals surface area contributed by atoms with E-state index in [9.17, 15) is 0 Å². The average molecular weight is 313 g/mol. The Bertz CT molecular complexity index is 682. The Morgan fingerprint density at radius 1 is 1.39 bits per heavy atom. The largest absolute Gasteiger partial charge is 0.472 e. The fourth-order valence-corrected chi connectivity index (χ4v) is 1.84. The molecule has 120 valence electrons. The van der Waals surface area contributed by atoms with Crippen LogP contribution in [0.5, 0.6) is 5.88 Å². The monoisotopic (exact) mass is 313 g/mol. The summed E-state index contributed by atoms with van der Waals surface area (Å²) in [5.74, 6) is 5.00. The molecule has 0 unspecified atom stereocenters. The molecule has 2 rings (SSSR count). The van der Waals surface area contributed by atoms with Crippen molar-refractivity contribution in [3.63, 3.8) is 0 Å². The summed E-state index contributed by atoms with van der Waals surface area (Å²) in [5, 5.41) is 12.2. The van der Waals surface area contributed by atoms with Crippen molar-refractivity contribution < 1.29 is 9.53 Å². The van der Waals surface area contributed by atoms with E-state index in [1.54, 1.807) is 17.7 Å². The number of hydrogen-bond acceptors (Lipinski definition) is 6. The maximum Gasteiger partial charge on any atom is 0.221 e. The molecule has 0 fully saturated rings. The van der Waals surface area contributed by atoms with Crippen molar-refractivity contribution in [1.82, 2.24) is 10.4 Å². The van der Waals surface area contributed by atoms with E-state index < -0.39 is 0 Å². The molecule has 0 saturated carbocycles. The van der Waals surface area contributed by atoms with Gasteiger partial charge in [0.15, 0.2) is 0 Å². The summed E-state index contributed by atoms with van der Waals surface area (Å²) in [6.45, 7) is 2.26. The van der Waals surface area contributed by atoms with Crippen LogP contribution in [0, 0.1) is 18.3 Å². The van der Waals surface area contributed by atoms with Crippen LogP contribution in [0.1, 0.15) is 16.7 Å². The highest BCUT2D eigenvalue weighted by Crippen LogP contribution is 2.22. The molecule has 1 amide bonds. The molecule has 7 nitrogen and oxygen atoms in total. The first-order chi connectivity index (χ1) is 11.2. The van der Waals surface area contributed by atoms with Crippen molar-refractivity contribution in [2.24, 2.45) is 5.84 Å². The van der Waals surface area contributed by atoms with Gasteiger partial charge in [-0.05, 0) is 25.1 Å². The average Bonchev–Trinajstić information content (AvgIpc) is 2.60. The second-order valence-electron chi connectivity index (χ2n) is 4.39. The van der Waals surface area contributed by atoms with Gasteiger partial charge in [-0.3, -0.25) is 10.2 Å². The zero-order valence-electron chi connectivity index (χ0n) is 13.0. The second-order valence-corrected chi connectivity index (χ2v) is 4.39. The van der Waals surface area contributed by atoms with Gasteiger partial charge in [0.2, 0.25) is 12.3 Å². The van der Waals surface area contributed by atoms with Crippen molar-refractivity contribution in [3.05, 3.63) is 53.2 Å². The number of amides is 1. The van der Waals surface area contributed by atoms with E-state index in [1.165, 1.54) is 0 Å². The lowest BCUT2D eigenvalue weighted by Gasteiger charge is -2.12. The number of carbonyl (C=O) groups is 1. The molecule has 4 N–H and O–H groups in total. The van der Waals surface area contributed by atoms with Crippen LogP contribution in [0.2, 0.25) is 0 Å². The van der Waals surface area contributed by atoms with Crippen LogP contribution in [0.15, 0.2) is 36.5 Å². The molecule has 1 aromatic heterocycles. The number of nitrogens with zero attached hydrogens (tertiary/aromatic N) is 2. The number of carbonyl (C=O) groups excluding carboxylic acids is 1. The number of anilines is 1. The molecule has 0 aliphatic carbocycles. The molecule has 1 aromatic carbocycles. The van der Waals surface area contributed by atoms with Crippen LogP contribution in [-0.4, -0.2) is 18.4 Å². The van der Waals surface area contributed by atoms with Gasteiger partial charge in [-0.25, -0.2) is 10.8 Å². The Morgan fingerprint density at radius 3 is 2.70 bits per heavy atom. The molecule has 0 atom stereocenters. The molecular formula is C16H19N5O2. The number of aromatic nitrogens is 1. The molecule has 0 aliphatic heterocycles. The van der Waals surface area contributed by atoms with Gasteiger partial charge < -0.3 is 10.1 Å². The number of rotatable bonds is 5. The van der Waals surface area contributed by atoms with Crippen LogP contribution in [0.25, 0.3) is 0 Å². The minimum Gasteiger partial charge on any atom is -0.472 e. The van der Waals surface area contributed by atoms with Crippen LogP contribution in [-0.2, 0) is 11.4 Å². The maximum absolute atomic E-state index is 9.14. The summed E-state index contributed by atoms with van der Waals surface area (Å²) < 4.78 is 5.71. The standard InChI is InChI=1S/C15H15N3O.CH4N2O/c1-11-5-4-8-18-15(11)19-10-13-12(9-16)6-3-7-14(13)17-2;2-3-1-4/h3-8,17H,10H2,1-2H3;1H,2H2,(H,3,4). The quantitative estimate of drug-likeness (QED) is 0.333. The molecule has 0 radical (unpaired) electrons. The Morgan fingerprint density at radius 2 is 2.13 bits per heavy atom. The number of ether oxygens (including phenoxy) is 1. The molecule has 0 aliphatic rings. The predicted molar refractivity (Wildman–Crippen MR) is 87.4 cm³/mol. The summed E-state index contributed by atoms with van der Waals surface area (Å²) in [7, 11) is 1.83. The number of pyridine rings is 1. The third-order valence-corrected chi connectivity index (χ3v) is 2.95. The van der Waals surface area contributed by atoms with Gasteiger partial charge >= 0.3 is 0 Å². The molecular weight excluding hydrogens is 294 g/mol. The van der Waals surface area contributed by atoms with E-state index >= 15 is 0 Å². The normalized spacial score (nSPS) is 8.96. The molecule has 0 bridgehead atoms.